The predicted octanol–water partition coefficient (Wildman–Crippen LogP) is 4.23. The van der Waals surface area contributed by atoms with Gasteiger partial charge in [0.25, 0.3) is 0 Å². The van der Waals surface area contributed by atoms with Gasteiger partial charge in [-0.2, -0.15) is 13.2 Å². The molecule has 0 fully saturated rings. The summed E-state index contributed by atoms with van der Waals surface area (Å²) in [5, 5.41) is 0.255. The van der Waals surface area contributed by atoms with Gasteiger partial charge in [0, 0.05) is 6.42 Å². The first-order valence-electron chi connectivity index (χ1n) is 8.27. The van der Waals surface area contributed by atoms with Crippen LogP contribution in [-0.2, 0) is 17.8 Å². The fraction of sp³-hybridized carbons (Fsp3) is 0.389. The summed E-state index contributed by atoms with van der Waals surface area (Å²) in [4.78, 5) is 13.2. The van der Waals surface area contributed by atoms with Gasteiger partial charge >= 0.3 is 6.18 Å². The Hall–Kier alpha value is -2.35. The Morgan fingerprint density at radius 3 is 2.70 bits per heavy atom. The topological polar surface area (TPSA) is 51.9 Å². The van der Waals surface area contributed by atoms with Crippen LogP contribution < -0.4 is 9.47 Å². The fourth-order valence-corrected chi connectivity index (χ4v) is 3.00. The lowest BCUT2D eigenvalue weighted by molar-refractivity contribution is -0.162. The van der Waals surface area contributed by atoms with E-state index in [1.807, 2.05) is 0 Å². The van der Waals surface area contributed by atoms with Crippen molar-refractivity contribution >= 4 is 17.5 Å². The van der Waals surface area contributed by atoms with Crippen molar-refractivity contribution in [2.75, 3.05) is 19.8 Å². The highest BCUT2D eigenvalue weighted by Gasteiger charge is 2.33. The summed E-state index contributed by atoms with van der Waals surface area (Å²) in [7, 11) is 0. The van der Waals surface area contributed by atoms with Gasteiger partial charge in [-0.1, -0.05) is 11.6 Å². The number of amides is 1. The van der Waals surface area contributed by atoms with Crippen LogP contribution in [0.2, 0.25) is 5.02 Å². The molecule has 0 bridgehead atoms. The zero-order valence-corrected chi connectivity index (χ0v) is 15.0. The van der Waals surface area contributed by atoms with Crippen LogP contribution in [0.25, 0.3) is 0 Å². The molecule has 0 spiro atoms. The van der Waals surface area contributed by atoms with E-state index in [0.717, 1.165) is 0 Å². The molecule has 0 N–H and O–H groups in total. The maximum absolute atomic E-state index is 12.9. The van der Waals surface area contributed by atoms with Gasteiger partial charge in [0.15, 0.2) is 11.5 Å². The van der Waals surface area contributed by atoms with Crippen molar-refractivity contribution in [2.24, 2.45) is 0 Å². The number of hydrogen-bond donors (Lipinski definition) is 0. The number of fused-ring (bicyclic) bond motifs is 1. The van der Waals surface area contributed by atoms with Crippen LogP contribution in [0.1, 0.15) is 17.7 Å². The minimum atomic E-state index is -4.52. The van der Waals surface area contributed by atoms with E-state index in [9.17, 15) is 18.0 Å². The van der Waals surface area contributed by atoms with Gasteiger partial charge in [-0.3, -0.25) is 4.79 Å². The Morgan fingerprint density at radius 2 is 2.00 bits per heavy atom. The van der Waals surface area contributed by atoms with Crippen LogP contribution >= 0.6 is 11.6 Å². The minimum absolute atomic E-state index is 0.255. The maximum Gasteiger partial charge on any atom is 0.406 e. The molecule has 1 aliphatic heterocycles. The highest BCUT2D eigenvalue weighted by molar-refractivity contribution is 6.32. The molecule has 3 rings (SSSR count). The number of benzene rings is 1. The summed E-state index contributed by atoms with van der Waals surface area (Å²) >= 11 is 6.18. The van der Waals surface area contributed by atoms with Crippen molar-refractivity contribution in [1.29, 1.82) is 0 Å². The summed E-state index contributed by atoms with van der Waals surface area (Å²) in [6.07, 6.45) is -2.76. The van der Waals surface area contributed by atoms with Gasteiger partial charge in [0.1, 0.15) is 12.3 Å². The Balaban J connectivity index is 1.78. The monoisotopic (exact) mass is 403 g/mol. The molecule has 0 atom stereocenters. The minimum Gasteiger partial charge on any atom is -0.489 e. The highest BCUT2D eigenvalue weighted by Crippen LogP contribution is 2.38. The third-order valence-corrected chi connectivity index (χ3v) is 4.15. The van der Waals surface area contributed by atoms with E-state index < -0.39 is 18.6 Å². The van der Waals surface area contributed by atoms with Crippen molar-refractivity contribution in [3.8, 4) is 11.5 Å². The second-order valence-electron chi connectivity index (χ2n) is 6.08. The molecule has 1 aromatic carbocycles. The third kappa shape index (κ3) is 5.32. The largest absolute Gasteiger partial charge is 0.489 e. The number of furan rings is 1. The van der Waals surface area contributed by atoms with E-state index in [-0.39, 0.29) is 23.7 Å². The molecule has 0 unspecified atom stereocenters. The lowest BCUT2D eigenvalue weighted by Crippen LogP contribution is -2.39. The van der Waals surface area contributed by atoms with Crippen LogP contribution in [0.3, 0.4) is 0 Å². The molecule has 27 heavy (non-hydrogen) atoms. The molecule has 0 aliphatic carbocycles. The Kier molecular flexibility index (Phi) is 5.84. The second kappa shape index (κ2) is 8.12. The summed E-state index contributed by atoms with van der Waals surface area (Å²) in [6.45, 7) is -0.763. The van der Waals surface area contributed by atoms with Crippen molar-refractivity contribution in [3.05, 3.63) is 46.9 Å². The highest BCUT2D eigenvalue weighted by atomic mass is 35.5. The summed E-state index contributed by atoms with van der Waals surface area (Å²) in [5.74, 6) is 0.336. The van der Waals surface area contributed by atoms with E-state index in [2.05, 4.69) is 0 Å². The standard InChI is InChI=1S/C18H17ClF3NO4/c19-14-7-12(8-15-17(14)27-6-2-5-26-15)9-16(24)23(11-18(20,21)22)10-13-3-1-4-25-13/h1,3-4,7-8H,2,5-6,9-11H2. The predicted molar refractivity (Wildman–Crippen MR) is 90.9 cm³/mol. The average molecular weight is 404 g/mol. The zero-order valence-electron chi connectivity index (χ0n) is 14.2. The van der Waals surface area contributed by atoms with Crippen LogP contribution in [0.5, 0.6) is 11.5 Å². The zero-order chi connectivity index (χ0) is 19.4. The van der Waals surface area contributed by atoms with Crippen LogP contribution in [0.15, 0.2) is 34.9 Å². The molecule has 0 radical (unpaired) electrons. The Bertz CT molecular complexity index is 793. The number of carbonyl (C=O) groups excluding carboxylic acids is 1. The van der Waals surface area contributed by atoms with E-state index in [4.69, 9.17) is 25.5 Å². The molecule has 1 aromatic heterocycles. The number of rotatable bonds is 5. The van der Waals surface area contributed by atoms with Crippen LogP contribution in [-0.4, -0.2) is 36.7 Å². The lowest BCUT2D eigenvalue weighted by atomic mass is 10.1. The van der Waals surface area contributed by atoms with E-state index in [0.29, 0.717) is 41.6 Å². The molecule has 5 nitrogen and oxygen atoms in total. The van der Waals surface area contributed by atoms with Gasteiger partial charge < -0.3 is 18.8 Å². The normalized spacial score (nSPS) is 13.9. The molecular formula is C18H17ClF3NO4. The average Bonchev–Trinajstić information content (AvgIpc) is 2.96. The number of alkyl halides is 3. The van der Waals surface area contributed by atoms with Gasteiger partial charge in [-0.15, -0.1) is 0 Å². The van der Waals surface area contributed by atoms with Crippen LogP contribution in [0, 0.1) is 0 Å². The van der Waals surface area contributed by atoms with Crippen molar-refractivity contribution in [2.45, 2.75) is 25.6 Å². The quantitative estimate of drug-likeness (QED) is 0.749. The first kappa shape index (κ1) is 19.4. The van der Waals surface area contributed by atoms with Crippen molar-refractivity contribution in [1.82, 2.24) is 4.90 Å². The van der Waals surface area contributed by atoms with Gasteiger partial charge in [-0.25, -0.2) is 0 Å². The first-order chi connectivity index (χ1) is 12.8. The van der Waals surface area contributed by atoms with E-state index in [1.165, 1.54) is 18.4 Å². The Labute approximate surface area is 158 Å². The number of nitrogens with zero attached hydrogens (tertiary/aromatic N) is 1. The molecule has 0 saturated heterocycles. The maximum atomic E-state index is 12.9. The molecule has 0 saturated carbocycles. The number of hydrogen-bond acceptors (Lipinski definition) is 4. The van der Waals surface area contributed by atoms with Gasteiger partial charge in [0.2, 0.25) is 5.91 Å². The second-order valence-corrected chi connectivity index (χ2v) is 6.48. The third-order valence-electron chi connectivity index (χ3n) is 3.87. The van der Waals surface area contributed by atoms with Crippen LogP contribution in [0.4, 0.5) is 13.2 Å². The van der Waals surface area contributed by atoms with E-state index in [1.54, 1.807) is 12.1 Å². The number of carbonyl (C=O) groups is 1. The number of halogens is 4. The van der Waals surface area contributed by atoms with Crippen molar-refractivity contribution < 1.29 is 31.9 Å². The fourth-order valence-electron chi connectivity index (χ4n) is 2.71. The molecule has 1 amide bonds. The lowest BCUT2D eigenvalue weighted by Gasteiger charge is -2.23. The first-order valence-corrected chi connectivity index (χ1v) is 8.64. The molecule has 9 heteroatoms. The molecule has 146 valence electrons. The van der Waals surface area contributed by atoms with Gasteiger partial charge in [0.05, 0.1) is 37.5 Å². The molecule has 2 heterocycles. The Morgan fingerprint density at radius 1 is 1.22 bits per heavy atom. The summed E-state index contributed by atoms with van der Waals surface area (Å²) < 4.78 is 54.8. The molecule has 1 aliphatic rings. The number of ether oxygens (including phenoxy) is 2. The molecule has 2 aromatic rings. The smallest absolute Gasteiger partial charge is 0.406 e. The molecular weight excluding hydrogens is 387 g/mol. The van der Waals surface area contributed by atoms with Crippen molar-refractivity contribution in [3.63, 3.8) is 0 Å². The van der Waals surface area contributed by atoms with Gasteiger partial charge in [-0.05, 0) is 29.8 Å². The van der Waals surface area contributed by atoms with E-state index >= 15 is 0 Å². The summed E-state index contributed by atoms with van der Waals surface area (Å²) in [6, 6.07) is 6.14. The summed E-state index contributed by atoms with van der Waals surface area (Å²) in [5.41, 5.74) is 0.445. The SMILES string of the molecule is O=C(Cc1cc(Cl)c2c(c1)OCCCO2)N(Cc1ccco1)CC(F)(F)F.